The topological polar surface area (TPSA) is 18.8 Å². The fourth-order valence-electron chi connectivity index (χ4n) is 2.12. The Bertz CT molecular complexity index is 222. The molecule has 0 aromatic carbocycles. The lowest BCUT2D eigenvalue weighted by Gasteiger charge is -2.23. The van der Waals surface area contributed by atoms with Crippen LogP contribution in [0.25, 0.3) is 0 Å². The summed E-state index contributed by atoms with van der Waals surface area (Å²) in [7, 11) is 8.22. The average molecular weight is 339 g/mol. The Hall–Kier alpha value is 0. The Morgan fingerprint density at radius 1 is 1.12 bits per heavy atom. The highest BCUT2D eigenvalue weighted by Crippen LogP contribution is 2.49. The number of guanidine groups is 1. The van der Waals surface area contributed by atoms with Crippen molar-refractivity contribution < 1.29 is 0 Å². The zero-order valence-electron chi connectivity index (χ0n) is 11.3. The molecule has 3 nitrogen and oxygen atoms in total. The maximum atomic E-state index is 4.74. The van der Waals surface area contributed by atoms with Gasteiger partial charge in [0.1, 0.15) is 0 Å². The minimum atomic E-state index is 0. The molecule has 16 heavy (non-hydrogen) atoms. The molecular weight excluding hydrogens is 313 g/mol. The second-order valence-electron chi connectivity index (χ2n) is 5.16. The third-order valence-electron chi connectivity index (χ3n) is 3.09. The van der Waals surface area contributed by atoms with E-state index in [0.29, 0.717) is 5.41 Å². The molecule has 0 saturated heterocycles. The fourth-order valence-corrected chi connectivity index (χ4v) is 2.12. The van der Waals surface area contributed by atoms with Crippen molar-refractivity contribution in [3.05, 3.63) is 0 Å². The molecule has 1 aliphatic rings. The molecule has 0 unspecified atom stereocenters. The van der Waals surface area contributed by atoms with Gasteiger partial charge in [0.25, 0.3) is 0 Å². The molecular formula is C12H26IN3. The summed E-state index contributed by atoms with van der Waals surface area (Å²) >= 11 is 0. The number of rotatable bonds is 4. The second kappa shape index (κ2) is 6.67. The van der Waals surface area contributed by atoms with Gasteiger partial charge in [-0.25, -0.2) is 0 Å². The van der Waals surface area contributed by atoms with Crippen LogP contribution in [-0.4, -0.2) is 50.5 Å². The van der Waals surface area contributed by atoms with Crippen molar-refractivity contribution in [1.29, 1.82) is 0 Å². The zero-order valence-corrected chi connectivity index (χ0v) is 13.6. The van der Waals surface area contributed by atoms with Crippen LogP contribution in [0.4, 0.5) is 0 Å². The second-order valence-corrected chi connectivity index (χ2v) is 5.16. The highest BCUT2D eigenvalue weighted by atomic mass is 127. The molecule has 1 saturated carbocycles. The largest absolute Gasteiger partial charge is 0.349 e. The van der Waals surface area contributed by atoms with Gasteiger partial charge in [-0.2, -0.15) is 0 Å². The highest BCUT2D eigenvalue weighted by molar-refractivity contribution is 14.0. The van der Waals surface area contributed by atoms with E-state index in [9.17, 15) is 0 Å². The van der Waals surface area contributed by atoms with E-state index < -0.39 is 0 Å². The molecule has 96 valence electrons. The van der Waals surface area contributed by atoms with Crippen LogP contribution >= 0.6 is 24.0 Å². The Morgan fingerprint density at radius 2 is 1.62 bits per heavy atom. The number of hydrogen-bond acceptors (Lipinski definition) is 1. The first kappa shape index (κ1) is 16.0. The van der Waals surface area contributed by atoms with Gasteiger partial charge in [0.2, 0.25) is 0 Å². The van der Waals surface area contributed by atoms with Crippen molar-refractivity contribution >= 4 is 29.9 Å². The molecule has 4 heteroatoms. The normalized spacial score (nSPS) is 16.1. The lowest BCUT2D eigenvalue weighted by atomic mass is 10.0. The zero-order chi connectivity index (χ0) is 11.5. The quantitative estimate of drug-likeness (QED) is 0.446. The predicted octanol–water partition coefficient (Wildman–Crippen LogP) is 2.66. The molecule has 0 heterocycles. The molecule has 0 amide bonds. The third-order valence-corrected chi connectivity index (χ3v) is 3.09. The van der Waals surface area contributed by atoms with E-state index in [4.69, 9.17) is 4.99 Å². The molecule has 0 spiro atoms. The monoisotopic (exact) mass is 339 g/mol. The van der Waals surface area contributed by atoms with Gasteiger partial charge < -0.3 is 9.80 Å². The van der Waals surface area contributed by atoms with Gasteiger partial charge in [0, 0.05) is 34.7 Å². The molecule has 0 aromatic heterocycles. The Morgan fingerprint density at radius 3 is 1.94 bits per heavy atom. The third kappa shape index (κ3) is 4.47. The standard InChI is InChI=1S/C12H25N3.HI/c1-6-7-12(8-9-12)10-13-11(14(2)3)15(4)5;/h6-10H2,1-5H3;1H. The SMILES string of the molecule is CCCC1(CN=C(N(C)C)N(C)C)CC1.I. The fraction of sp³-hybridized carbons (Fsp3) is 0.917. The Labute approximate surface area is 117 Å². The van der Waals surface area contributed by atoms with Gasteiger partial charge in [-0.15, -0.1) is 24.0 Å². The summed E-state index contributed by atoms with van der Waals surface area (Å²) in [5, 5.41) is 0. The van der Waals surface area contributed by atoms with Crippen LogP contribution in [0.1, 0.15) is 32.6 Å². The van der Waals surface area contributed by atoms with Crippen molar-refractivity contribution in [3.8, 4) is 0 Å². The lowest BCUT2D eigenvalue weighted by Crippen LogP contribution is -2.36. The van der Waals surface area contributed by atoms with Crippen molar-refractivity contribution in [3.63, 3.8) is 0 Å². The molecule has 1 rings (SSSR count). The summed E-state index contributed by atoms with van der Waals surface area (Å²) in [5.41, 5.74) is 0.562. The maximum absolute atomic E-state index is 4.74. The summed E-state index contributed by atoms with van der Waals surface area (Å²) in [6.45, 7) is 3.27. The summed E-state index contributed by atoms with van der Waals surface area (Å²) in [4.78, 5) is 8.91. The molecule has 0 radical (unpaired) electrons. The smallest absolute Gasteiger partial charge is 0.195 e. The van der Waals surface area contributed by atoms with E-state index in [0.717, 1.165) is 12.5 Å². The van der Waals surface area contributed by atoms with Crippen LogP contribution in [-0.2, 0) is 0 Å². The maximum Gasteiger partial charge on any atom is 0.195 e. The van der Waals surface area contributed by atoms with E-state index in [-0.39, 0.29) is 24.0 Å². The highest BCUT2D eigenvalue weighted by Gasteiger charge is 2.41. The summed E-state index contributed by atoms with van der Waals surface area (Å²) < 4.78 is 0. The van der Waals surface area contributed by atoms with Crippen molar-refractivity contribution in [2.24, 2.45) is 10.4 Å². The van der Waals surface area contributed by atoms with E-state index in [1.54, 1.807) is 0 Å². The van der Waals surface area contributed by atoms with Gasteiger partial charge in [-0.1, -0.05) is 13.3 Å². The van der Waals surface area contributed by atoms with E-state index in [1.807, 2.05) is 0 Å². The minimum Gasteiger partial charge on any atom is -0.349 e. The van der Waals surface area contributed by atoms with E-state index in [2.05, 4.69) is 44.9 Å². The van der Waals surface area contributed by atoms with Gasteiger partial charge in [0.15, 0.2) is 5.96 Å². The summed E-state index contributed by atoms with van der Waals surface area (Å²) in [6, 6.07) is 0. The predicted molar refractivity (Wildman–Crippen MR) is 81.7 cm³/mol. The van der Waals surface area contributed by atoms with E-state index >= 15 is 0 Å². The van der Waals surface area contributed by atoms with Crippen LogP contribution in [0.2, 0.25) is 0 Å². The number of nitrogens with zero attached hydrogens (tertiary/aromatic N) is 3. The number of halogens is 1. The summed E-state index contributed by atoms with van der Waals surface area (Å²) in [6.07, 6.45) is 5.37. The van der Waals surface area contributed by atoms with Crippen molar-refractivity contribution in [2.45, 2.75) is 32.6 Å². The Balaban J connectivity index is 0.00000225. The molecule has 0 aromatic rings. The average Bonchev–Trinajstić information content (AvgIpc) is 2.85. The molecule has 0 atom stereocenters. The molecule has 1 fully saturated rings. The molecule has 1 aliphatic carbocycles. The van der Waals surface area contributed by atoms with Gasteiger partial charge in [0.05, 0.1) is 0 Å². The summed E-state index contributed by atoms with van der Waals surface area (Å²) in [5.74, 6) is 1.08. The van der Waals surface area contributed by atoms with Crippen LogP contribution in [0.5, 0.6) is 0 Å². The van der Waals surface area contributed by atoms with E-state index in [1.165, 1.54) is 25.7 Å². The van der Waals surface area contributed by atoms with Gasteiger partial charge >= 0.3 is 0 Å². The van der Waals surface area contributed by atoms with Crippen LogP contribution < -0.4 is 0 Å². The lowest BCUT2D eigenvalue weighted by molar-refractivity contribution is 0.444. The van der Waals surface area contributed by atoms with Gasteiger partial charge in [-0.05, 0) is 24.7 Å². The van der Waals surface area contributed by atoms with Gasteiger partial charge in [-0.3, -0.25) is 4.99 Å². The first-order valence-electron chi connectivity index (χ1n) is 5.90. The van der Waals surface area contributed by atoms with Crippen LogP contribution in [0, 0.1) is 5.41 Å². The van der Waals surface area contributed by atoms with Crippen molar-refractivity contribution in [2.75, 3.05) is 34.7 Å². The first-order valence-corrected chi connectivity index (χ1v) is 5.90. The molecule has 0 aliphatic heterocycles. The molecule has 0 bridgehead atoms. The molecule has 0 N–H and O–H groups in total. The minimum absolute atomic E-state index is 0. The Kier molecular flexibility index (Phi) is 6.67. The van der Waals surface area contributed by atoms with Crippen LogP contribution in [0.15, 0.2) is 4.99 Å². The first-order chi connectivity index (χ1) is 7.01. The van der Waals surface area contributed by atoms with Crippen LogP contribution in [0.3, 0.4) is 0 Å². The number of aliphatic imine (C=N–C) groups is 1. The number of hydrogen-bond donors (Lipinski definition) is 0. The van der Waals surface area contributed by atoms with Crippen molar-refractivity contribution in [1.82, 2.24) is 9.80 Å².